The number of ether oxygens (including phenoxy) is 6. The minimum atomic E-state index is -0.641. The Hall–Kier alpha value is -2.20. The van der Waals surface area contributed by atoms with Crippen molar-refractivity contribution in [3.05, 3.63) is 0 Å². The van der Waals surface area contributed by atoms with Gasteiger partial charge < -0.3 is 28.4 Å². The van der Waals surface area contributed by atoms with E-state index in [0.29, 0.717) is 25.7 Å². The van der Waals surface area contributed by atoms with Crippen LogP contribution in [-0.2, 0) is 47.6 Å². The fraction of sp³-hybridized carbons (Fsp3) is 0.800. The van der Waals surface area contributed by atoms with Gasteiger partial charge >= 0.3 is 23.9 Å². The van der Waals surface area contributed by atoms with Crippen molar-refractivity contribution in [2.45, 2.75) is 75.8 Å². The molecule has 30 heavy (non-hydrogen) atoms. The smallest absolute Gasteiger partial charge is 0.332 e. The maximum atomic E-state index is 12.1. The second kappa shape index (κ2) is 11.3. The maximum absolute atomic E-state index is 12.1. The first-order valence-corrected chi connectivity index (χ1v) is 10.4. The fourth-order valence-electron chi connectivity index (χ4n) is 3.91. The third kappa shape index (κ3) is 6.94. The second-order valence-corrected chi connectivity index (χ2v) is 7.67. The molecular weight excluding hydrogens is 400 g/mol. The number of esters is 4. The summed E-state index contributed by atoms with van der Waals surface area (Å²) in [6.45, 7) is -1.67. The molecule has 3 aliphatic rings. The molecule has 1 aliphatic heterocycles. The summed E-state index contributed by atoms with van der Waals surface area (Å²) < 4.78 is 31.8. The van der Waals surface area contributed by atoms with E-state index in [1.54, 1.807) is 0 Å². The minimum Gasteiger partial charge on any atom is -0.457 e. The van der Waals surface area contributed by atoms with E-state index in [1.165, 1.54) is 0 Å². The van der Waals surface area contributed by atoms with Crippen LogP contribution in [0, 0.1) is 0 Å². The molecule has 3 fully saturated rings. The molecule has 0 aromatic heterocycles. The molecule has 168 valence electrons. The fourth-order valence-corrected chi connectivity index (χ4v) is 3.91. The number of carbonyl (C=O) groups is 4. The van der Waals surface area contributed by atoms with Crippen molar-refractivity contribution in [1.29, 1.82) is 0 Å². The van der Waals surface area contributed by atoms with Gasteiger partial charge in [0, 0.05) is 0 Å². The van der Waals surface area contributed by atoms with E-state index >= 15 is 0 Å². The summed E-state index contributed by atoms with van der Waals surface area (Å²) in [5.74, 6) is -2.56. The van der Waals surface area contributed by atoms with Crippen molar-refractivity contribution in [1.82, 2.24) is 0 Å². The Bertz CT molecular complexity index is 527. The van der Waals surface area contributed by atoms with Gasteiger partial charge in [-0.2, -0.15) is 0 Å². The predicted molar refractivity (Wildman–Crippen MR) is 98.1 cm³/mol. The molecule has 0 spiro atoms. The Labute approximate surface area is 174 Å². The summed E-state index contributed by atoms with van der Waals surface area (Å²) in [4.78, 5) is 48.2. The van der Waals surface area contributed by atoms with Crippen molar-refractivity contribution in [3.63, 3.8) is 0 Å². The summed E-state index contributed by atoms with van der Waals surface area (Å²) in [5.41, 5.74) is 0. The molecule has 2 aliphatic carbocycles. The van der Waals surface area contributed by atoms with Crippen LogP contribution < -0.4 is 0 Å². The highest BCUT2D eigenvalue weighted by atomic mass is 16.6. The Morgan fingerprint density at radius 3 is 0.900 bits per heavy atom. The largest absolute Gasteiger partial charge is 0.457 e. The Balaban J connectivity index is 1.63. The number of hydrogen-bond acceptors (Lipinski definition) is 10. The van der Waals surface area contributed by atoms with Gasteiger partial charge in [0.2, 0.25) is 0 Å². The first-order chi connectivity index (χ1) is 14.5. The first-order valence-electron chi connectivity index (χ1n) is 10.4. The topological polar surface area (TPSA) is 124 Å². The summed E-state index contributed by atoms with van der Waals surface area (Å²) in [6, 6.07) is 0. The van der Waals surface area contributed by atoms with Crippen LogP contribution in [0.15, 0.2) is 0 Å². The molecule has 3 rings (SSSR count). The van der Waals surface area contributed by atoms with Gasteiger partial charge in [-0.05, 0) is 51.4 Å². The SMILES string of the molecule is O=C1COCC(=O)O[C@H]2CCCC[C@H]2OC(=O)COCC(=O)O[C@@H]2CCCC[C@@H]2O1. The average molecular weight is 428 g/mol. The summed E-state index contributed by atoms with van der Waals surface area (Å²) in [7, 11) is 0. The molecule has 4 atom stereocenters. The van der Waals surface area contributed by atoms with Gasteiger partial charge in [-0.15, -0.1) is 0 Å². The highest BCUT2D eigenvalue weighted by Gasteiger charge is 2.33. The number of hydrogen-bond donors (Lipinski definition) is 0. The molecule has 10 heteroatoms. The zero-order valence-corrected chi connectivity index (χ0v) is 16.9. The highest BCUT2D eigenvalue weighted by Crippen LogP contribution is 2.25. The molecule has 2 saturated carbocycles. The molecule has 0 bridgehead atoms. The van der Waals surface area contributed by atoms with Crippen LogP contribution in [0.2, 0.25) is 0 Å². The van der Waals surface area contributed by atoms with Gasteiger partial charge in [0.25, 0.3) is 0 Å². The number of carbonyl (C=O) groups excluding carboxylic acids is 4. The molecule has 1 heterocycles. The zero-order valence-electron chi connectivity index (χ0n) is 16.9. The van der Waals surface area contributed by atoms with Crippen molar-refractivity contribution < 1.29 is 47.6 Å². The van der Waals surface area contributed by atoms with Crippen LogP contribution >= 0.6 is 0 Å². The van der Waals surface area contributed by atoms with Crippen LogP contribution in [0.1, 0.15) is 51.4 Å². The van der Waals surface area contributed by atoms with Crippen LogP contribution in [-0.4, -0.2) is 74.7 Å². The van der Waals surface area contributed by atoms with Crippen LogP contribution in [0.3, 0.4) is 0 Å². The Morgan fingerprint density at radius 2 is 0.667 bits per heavy atom. The van der Waals surface area contributed by atoms with Gasteiger partial charge in [-0.25, -0.2) is 19.2 Å². The van der Waals surface area contributed by atoms with Crippen LogP contribution in [0.4, 0.5) is 0 Å². The lowest BCUT2D eigenvalue weighted by atomic mass is 9.94. The van der Waals surface area contributed by atoms with Gasteiger partial charge in [-0.3, -0.25) is 0 Å². The van der Waals surface area contributed by atoms with Crippen molar-refractivity contribution >= 4 is 23.9 Å². The van der Waals surface area contributed by atoms with E-state index in [4.69, 9.17) is 28.4 Å². The monoisotopic (exact) mass is 428 g/mol. The molecule has 0 N–H and O–H groups in total. The lowest BCUT2D eigenvalue weighted by Gasteiger charge is -2.31. The van der Waals surface area contributed by atoms with Gasteiger partial charge in [-0.1, -0.05) is 0 Å². The third-order valence-electron chi connectivity index (χ3n) is 5.29. The van der Waals surface area contributed by atoms with Gasteiger partial charge in [0.1, 0.15) is 50.8 Å². The molecule has 1 saturated heterocycles. The summed E-state index contributed by atoms with van der Waals surface area (Å²) >= 11 is 0. The minimum absolute atomic E-state index is 0.418. The third-order valence-corrected chi connectivity index (χ3v) is 5.29. The summed E-state index contributed by atoms with van der Waals surface area (Å²) in [5, 5.41) is 0. The Morgan fingerprint density at radius 1 is 0.433 bits per heavy atom. The van der Waals surface area contributed by atoms with Crippen LogP contribution in [0.25, 0.3) is 0 Å². The van der Waals surface area contributed by atoms with Crippen molar-refractivity contribution in [2.24, 2.45) is 0 Å². The molecule has 0 amide bonds. The van der Waals surface area contributed by atoms with E-state index in [2.05, 4.69) is 0 Å². The standard InChI is InChI=1S/C20H28O10/c21-17-9-25-11-19(23)29-15-7-3-4-8-16(15)30-20(24)12-26-10-18(22)28-14-6-2-1-5-13(14)27-17/h13-16H,1-12H2/t13-,14+,15-,16+. The van der Waals surface area contributed by atoms with E-state index in [9.17, 15) is 19.2 Å². The van der Waals surface area contributed by atoms with E-state index in [-0.39, 0.29) is 0 Å². The van der Waals surface area contributed by atoms with E-state index in [0.717, 1.165) is 25.7 Å². The molecule has 0 radical (unpaired) electrons. The first kappa shape index (κ1) is 22.5. The summed E-state index contributed by atoms with van der Waals surface area (Å²) in [6.07, 6.45) is 3.24. The van der Waals surface area contributed by atoms with E-state index in [1.807, 2.05) is 0 Å². The second-order valence-electron chi connectivity index (χ2n) is 7.67. The molecule has 10 nitrogen and oxygen atoms in total. The normalized spacial score (nSPS) is 32.8. The lowest BCUT2D eigenvalue weighted by Crippen LogP contribution is -2.40. The lowest BCUT2D eigenvalue weighted by molar-refractivity contribution is -0.184. The van der Waals surface area contributed by atoms with Gasteiger partial charge in [0.15, 0.2) is 0 Å². The molecule has 0 unspecified atom stereocenters. The average Bonchev–Trinajstić information content (AvgIpc) is 2.70. The zero-order chi connectivity index (χ0) is 21.3. The van der Waals surface area contributed by atoms with Crippen LogP contribution in [0.5, 0.6) is 0 Å². The van der Waals surface area contributed by atoms with E-state index < -0.39 is 74.7 Å². The molecule has 0 aromatic rings. The quantitative estimate of drug-likeness (QED) is 0.405. The molecular formula is C20H28O10. The molecule has 0 aromatic carbocycles. The predicted octanol–water partition coefficient (Wildman–Crippen LogP) is 0.828. The Kier molecular flexibility index (Phi) is 8.44. The number of rotatable bonds is 0. The van der Waals surface area contributed by atoms with Gasteiger partial charge in [0.05, 0.1) is 0 Å². The van der Waals surface area contributed by atoms with Crippen molar-refractivity contribution in [2.75, 3.05) is 26.4 Å². The maximum Gasteiger partial charge on any atom is 0.332 e. The highest BCUT2D eigenvalue weighted by molar-refractivity contribution is 5.75. The van der Waals surface area contributed by atoms with Crippen molar-refractivity contribution in [3.8, 4) is 0 Å². The number of fused-ring (bicyclic) bond motifs is 2.